The maximum Gasteiger partial charge on any atom is 0.308 e. The molecular formula is C19H20N4O4S. The summed E-state index contributed by atoms with van der Waals surface area (Å²) in [7, 11) is 0. The average Bonchev–Trinajstić information content (AvgIpc) is 3.15. The number of fused-ring (bicyclic) bond motifs is 1. The number of hydrogen-bond acceptors (Lipinski definition) is 7. The number of anilines is 1. The third-order valence-corrected chi connectivity index (χ3v) is 5.05. The minimum atomic E-state index is -0.391. The summed E-state index contributed by atoms with van der Waals surface area (Å²) in [5.74, 6) is -0.473. The van der Waals surface area contributed by atoms with Crippen molar-refractivity contribution in [3.8, 4) is 0 Å². The highest BCUT2D eigenvalue weighted by atomic mass is 32.1. The molecule has 3 rings (SSSR count). The van der Waals surface area contributed by atoms with Gasteiger partial charge in [0.25, 0.3) is 0 Å². The van der Waals surface area contributed by atoms with E-state index in [4.69, 9.17) is 4.74 Å². The van der Waals surface area contributed by atoms with Crippen molar-refractivity contribution >= 4 is 39.2 Å². The molecule has 9 heteroatoms. The van der Waals surface area contributed by atoms with Gasteiger partial charge in [-0.2, -0.15) is 5.10 Å². The molecule has 1 aromatic carbocycles. The maximum absolute atomic E-state index is 12.1. The summed E-state index contributed by atoms with van der Waals surface area (Å²) < 4.78 is 6.89. The Labute approximate surface area is 165 Å². The second kappa shape index (κ2) is 8.75. The molecular weight excluding hydrogens is 380 g/mol. The number of carbonyl (C=O) groups is 2. The summed E-state index contributed by atoms with van der Waals surface area (Å²) in [5, 5.41) is 7.01. The van der Waals surface area contributed by atoms with Crippen LogP contribution in [0.15, 0.2) is 40.6 Å². The number of carbonyl (C=O) groups excluding carboxylic acids is 2. The van der Waals surface area contributed by atoms with Crippen molar-refractivity contribution in [3.05, 3.63) is 51.8 Å². The lowest BCUT2D eigenvalue weighted by molar-refractivity contribution is -0.145. The number of thiazole rings is 1. The van der Waals surface area contributed by atoms with E-state index in [-0.39, 0.29) is 24.4 Å². The van der Waals surface area contributed by atoms with Crippen molar-refractivity contribution in [2.45, 2.75) is 33.4 Å². The predicted molar refractivity (Wildman–Crippen MR) is 106 cm³/mol. The largest absolute Gasteiger partial charge is 0.459 e. The topological polar surface area (TPSA) is 94.4 Å². The SMILES string of the molecule is CCN(C(C)=O)c1nc(COC(=O)CCn2ncc(=O)c3ccccc32)cs1. The number of rotatable bonds is 7. The van der Waals surface area contributed by atoms with Crippen LogP contribution in [0.1, 0.15) is 26.0 Å². The molecule has 0 bridgehead atoms. The Balaban J connectivity index is 1.57. The Bertz CT molecular complexity index is 1060. The average molecular weight is 400 g/mol. The number of ether oxygens (including phenoxy) is 1. The lowest BCUT2D eigenvalue weighted by atomic mass is 10.2. The van der Waals surface area contributed by atoms with Crippen LogP contribution in [-0.4, -0.2) is 33.2 Å². The van der Waals surface area contributed by atoms with E-state index in [1.54, 1.807) is 33.2 Å². The van der Waals surface area contributed by atoms with Crippen molar-refractivity contribution in [2.75, 3.05) is 11.4 Å². The molecule has 0 aliphatic carbocycles. The first-order valence-electron chi connectivity index (χ1n) is 8.82. The van der Waals surface area contributed by atoms with Gasteiger partial charge in [0.05, 0.1) is 30.4 Å². The van der Waals surface area contributed by atoms with Gasteiger partial charge in [0.15, 0.2) is 5.13 Å². The van der Waals surface area contributed by atoms with Crippen LogP contribution in [0.25, 0.3) is 10.9 Å². The van der Waals surface area contributed by atoms with E-state index in [1.807, 2.05) is 13.0 Å². The highest BCUT2D eigenvalue weighted by Crippen LogP contribution is 2.21. The molecule has 0 aliphatic rings. The van der Waals surface area contributed by atoms with Crippen LogP contribution in [0.2, 0.25) is 0 Å². The molecule has 146 valence electrons. The molecule has 0 aliphatic heterocycles. The number of aryl methyl sites for hydroxylation is 1. The molecule has 0 unspecified atom stereocenters. The zero-order valence-electron chi connectivity index (χ0n) is 15.6. The van der Waals surface area contributed by atoms with Crippen LogP contribution in [0, 0.1) is 0 Å². The number of amides is 1. The Morgan fingerprint density at radius 1 is 1.29 bits per heavy atom. The van der Waals surface area contributed by atoms with E-state index in [0.29, 0.717) is 34.8 Å². The number of esters is 1. The van der Waals surface area contributed by atoms with Crippen molar-refractivity contribution < 1.29 is 14.3 Å². The first-order valence-corrected chi connectivity index (χ1v) is 9.70. The van der Waals surface area contributed by atoms with Crippen molar-refractivity contribution in [3.63, 3.8) is 0 Å². The van der Waals surface area contributed by atoms with Gasteiger partial charge in [0.1, 0.15) is 6.61 Å². The number of aromatic nitrogens is 3. The number of hydrogen-bond donors (Lipinski definition) is 0. The Kier molecular flexibility index (Phi) is 6.15. The van der Waals surface area contributed by atoms with Crippen LogP contribution in [0.3, 0.4) is 0 Å². The zero-order valence-corrected chi connectivity index (χ0v) is 16.4. The Morgan fingerprint density at radius 3 is 2.82 bits per heavy atom. The fraction of sp³-hybridized carbons (Fsp3) is 0.316. The minimum absolute atomic E-state index is 0.0448. The van der Waals surface area contributed by atoms with Gasteiger partial charge in [0, 0.05) is 24.2 Å². The van der Waals surface area contributed by atoms with Crippen LogP contribution in [0.4, 0.5) is 5.13 Å². The second-order valence-corrected chi connectivity index (χ2v) is 6.88. The minimum Gasteiger partial charge on any atom is -0.459 e. The molecule has 1 amide bonds. The zero-order chi connectivity index (χ0) is 20.1. The smallest absolute Gasteiger partial charge is 0.308 e. The molecule has 3 aromatic rings. The monoisotopic (exact) mass is 400 g/mol. The molecule has 0 saturated heterocycles. The van der Waals surface area contributed by atoms with Gasteiger partial charge in [-0.15, -0.1) is 11.3 Å². The van der Waals surface area contributed by atoms with Crippen LogP contribution >= 0.6 is 11.3 Å². The third kappa shape index (κ3) is 4.42. The Hall–Kier alpha value is -3.07. The standard InChI is InChI=1S/C19H20N4O4S/c1-3-22(13(2)24)19-21-14(12-28-19)11-27-18(26)8-9-23-16-7-5-4-6-15(16)17(25)10-20-23/h4-7,10,12H,3,8-9,11H2,1-2H3. The van der Waals surface area contributed by atoms with Crippen molar-refractivity contribution in [1.29, 1.82) is 0 Å². The van der Waals surface area contributed by atoms with Gasteiger partial charge in [-0.05, 0) is 19.1 Å². The predicted octanol–water partition coefficient (Wildman–Crippen LogP) is 2.36. The van der Waals surface area contributed by atoms with Crippen LogP contribution < -0.4 is 10.3 Å². The molecule has 0 fully saturated rings. The van der Waals surface area contributed by atoms with Crippen LogP contribution in [0.5, 0.6) is 0 Å². The van der Waals surface area contributed by atoms with Gasteiger partial charge in [-0.1, -0.05) is 12.1 Å². The molecule has 0 saturated carbocycles. The highest BCUT2D eigenvalue weighted by molar-refractivity contribution is 7.14. The van der Waals surface area contributed by atoms with Gasteiger partial charge in [-0.25, -0.2) is 4.98 Å². The van der Waals surface area contributed by atoms with E-state index < -0.39 is 5.97 Å². The van der Waals surface area contributed by atoms with Crippen molar-refractivity contribution in [1.82, 2.24) is 14.8 Å². The number of benzene rings is 1. The third-order valence-electron chi connectivity index (χ3n) is 4.14. The molecule has 0 spiro atoms. The fourth-order valence-corrected chi connectivity index (χ4v) is 3.66. The quantitative estimate of drug-likeness (QED) is 0.565. The fourth-order valence-electron chi connectivity index (χ4n) is 2.74. The van der Waals surface area contributed by atoms with Gasteiger partial charge in [-0.3, -0.25) is 24.0 Å². The molecule has 0 atom stereocenters. The van der Waals surface area contributed by atoms with Gasteiger partial charge >= 0.3 is 5.97 Å². The highest BCUT2D eigenvalue weighted by Gasteiger charge is 2.14. The molecule has 8 nitrogen and oxygen atoms in total. The van der Waals surface area contributed by atoms with E-state index >= 15 is 0 Å². The lowest BCUT2D eigenvalue weighted by Gasteiger charge is -2.14. The molecule has 28 heavy (non-hydrogen) atoms. The first kappa shape index (κ1) is 19.7. The molecule has 0 N–H and O–H groups in total. The summed E-state index contributed by atoms with van der Waals surface area (Å²) in [4.78, 5) is 41.4. The second-order valence-electron chi connectivity index (χ2n) is 6.04. The van der Waals surface area contributed by atoms with E-state index in [1.165, 1.54) is 24.5 Å². The molecule has 2 heterocycles. The number of para-hydroxylation sites is 1. The van der Waals surface area contributed by atoms with E-state index in [0.717, 1.165) is 0 Å². The number of nitrogens with zero attached hydrogens (tertiary/aromatic N) is 4. The van der Waals surface area contributed by atoms with Crippen molar-refractivity contribution in [2.24, 2.45) is 0 Å². The Morgan fingerprint density at radius 2 is 2.07 bits per heavy atom. The first-order chi connectivity index (χ1) is 13.5. The summed E-state index contributed by atoms with van der Waals surface area (Å²) in [6.45, 7) is 4.23. The molecule has 0 radical (unpaired) electrons. The normalized spacial score (nSPS) is 10.8. The van der Waals surface area contributed by atoms with Crippen LogP contribution in [-0.2, 0) is 27.5 Å². The van der Waals surface area contributed by atoms with Gasteiger partial charge in [0.2, 0.25) is 11.3 Å². The summed E-state index contributed by atoms with van der Waals surface area (Å²) >= 11 is 1.33. The maximum atomic E-state index is 12.1. The van der Waals surface area contributed by atoms with Gasteiger partial charge < -0.3 is 4.74 Å². The summed E-state index contributed by atoms with van der Waals surface area (Å²) in [6, 6.07) is 7.13. The molecule has 2 aromatic heterocycles. The van der Waals surface area contributed by atoms with E-state index in [2.05, 4.69) is 10.1 Å². The summed E-state index contributed by atoms with van der Waals surface area (Å²) in [5.41, 5.74) is 1.12. The summed E-state index contributed by atoms with van der Waals surface area (Å²) in [6.07, 6.45) is 1.37. The lowest BCUT2D eigenvalue weighted by Crippen LogP contribution is -2.27. The van der Waals surface area contributed by atoms with E-state index in [9.17, 15) is 14.4 Å².